The molecule has 0 amide bonds. The van der Waals surface area contributed by atoms with Crippen LogP contribution in [-0.4, -0.2) is 45.5 Å². The smallest absolute Gasteiger partial charge is 0.191 e. The molecule has 27 heavy (non-hydrogen) atoms. The third-order valence-electron chi connectivity index (χ3n) is 5.80. The number of halogens is 1. The maximum absolute atomic E-state index is 5.71. The lowest BCUT2D eigenvalue weighted by molar-refractivity contribution is -0.176. The van der Waals surface area contributed by atoms with E-state index >= 15 is 0 Å². The Morgan fingerprint density at radius 2 is 1.81 bits per heavy atom. The van der Waals surface area contributed by atoms with Gasteiger partial charge in [0.15, 0.2) is 17.5 Å². The predicted octanol–water partition coefficient (Wildman–Crippen LogP) is 3.58. The normalized spacial score (nSPS) is 23.7. The zero-order valence-electron chi connectivity index (χ0n) is 17.5. The molecule has 1 aromatic rings. The Balaban J connectivity index is 0.00000364. The first-order valence-corrected chi connectivity index (χ1v) is 9.12. The quantitative estimate of drug-likeness (QED) is 0.347. The second-order valence-electron chi connectivity index (χ2n) is 7.44. The van der Waals surface area contributed by atoms with Gasteiger partial charge in [-0.3, -0.25) is 0 Å². The zero-order chi connectivity index (χ0) is 19.4. The highest BCUT2D eigenvalue weighted by Crippen LogP contribution is 2.51. The van der Waals surface area contributed by atoms with Gasteiger partial charge in [0.25, 0.3) is 0 Å². The highest BCUT2D eigenvalue weighted by atomic mass is 127. The van der Waals surface area contributed by atoms with Gasteiger partial charge in [-0.05, 0) is 38.0 Å². The van der Waals surface area contributed by atoms with Crippen molar-refractivity contribution in [1.29, 1.82) is 0 Å². The molecule has 1 aliphatic rings. The van der Waals surface area contributed by atoms with Crippen molar-refractivity contribution in [3.05, 3.63) is 23.8 Å². The van der Waals surface area contributed by atoms with Crippen molar-refractivity contribution in [2.75, 3.05) is 27.9 Å². The summed E-state index contributed by atoms with van der Waals surface area (Å²) >= 11 is 0. The van der Waals surface area contributed by atoms with Gasteiger partial charge in [-0.15, -0.1) is 24.0 Å². The number of hydrogen-bond donors (Lipinski definition) is 2. The van der Waals surface area contributed by atoms with Gasteiger partial charge in [-0.25, -0.2) is 4.99 Å². The van der Waals surface area contributed by atoms with Crippen molar-refractivity contribution in [2.45, 2.75) is 52.3 Å². The fourth-order valence-electron chi connectivity index (χ4n) is 3.36. The Morgan fingerprint density at radius 3 is 2.33 bits per heavy atom. The summed E-state index contributed by atoms with van der Waals surface area (Å²) in [6.07, 6.45) is 0.956. The minimum Gasteiger partial charge on any atom is -0.493 e. The molecule has 1 aliphatic carbocycles. The van der Waals surface area contributed by atoms with Gasteiger partial charge >= 0.3 is 0 Å². The summed E-state index contributed by atoms with van der Waals surface area (Å²) in [5, 5.41) is 6.89. The molecule has 1 fully saturated rings. The van der Waals surface area contributed by atoms with Crippen LogP contribution in [0.1, 0.15) is 39.7 Å². The maximum Gasteiger partial charge on any atom is 0.191 e. The largest absolute Gasteiger partial charge is 0.493 e. The number of rotatable bonds is 7. The molecular formula is C20H34IN3O3. The van der Waals surface area contributed by atoms with E-state index in [1.165, 1.54) is 0 Å². The van der Waals surface area contributed by atoms with Crippen molar-refractivity contribution in [1.82, 2.24) is 10.6 Å². The topological polar surface area (TPSA) is 64.1 Å². The van der Waals surface area contributed by atoms with Crippen molar-refractivity contribution < 1.29 is 14.2 Å². The van der Waals surface area contributed by atoms with Crippen LogP contribution in [0.2, 0.25) is 0 Å². The Morgan fingerprint density at radius 1 is 1.15 bits per heavy atom. The molecule has 0 radical (unpaired) electrons. The summed E-state index contributed by atoms with van der Waals surface area (Å²) in [7, 11) is 5.06. The SMILES string of the molecule is CCNC(=NCc1ccc(OC)c(OC)c1)NC1CC(C)(OC)C1(C)C.I. The minimum absolute atomic E-state index is 0. The van der Waals surface area contributed by atoms with Gasteiger partial charge in [0.2, 0.25) is 0 Å². The average Bonchev–Trinajstić information content (AvgIpc) is 2.65. The van der Waals surface area contributed by atoms with E-state index in [9.17, 15) is 0 Å². The molecule has 1 saturated carbocycles. The summed E-state index contributed by atoms with van der Waals surface area (Å²) in [6, 6.07) is 6.18. The highest BCUT2D eigenvalue weighted by Gasteiger charge is 2.58. The van der Waals surface area contributed by atoms with Crippen molar-refractivity contribution in [2.24, 2.45) is 10.4 Å². The van der Waals surface area contributed by atoms with Crippen LogP contribution in [0.5, 0.6) is 11.5 Å². The van der Waals surface area contributed by atoms with Crippen LogP contribution in [0.15, 0.2) is 23.2 Å². The first kappa shape index (κ1) is 23.8. The molecule has 2 N–H and O–H groups in total. The van der Waals surface area contributed by atoms with Crippen LogP contribution in [-0.2, 0) is 11.3 Å². The van der Waals surface area contributed by atoms with Crippen molar-refractivity contribution in [3.8, 4) is 11.5 Å². The summed E-state index contributed by atoms with van der Waals surface area (Å²) in [6.45, 7) is 10.1. The molecule has 0 aromatic heterocycles. The van der Waals surface area contributed by atoms with Gasteiger partial charge in [0.1, 0.15) is 0 Å². The van der Waals surface area contributed by atoms with Crippen molar-refractivity contribution in [3.63, 3.8) is 0 Å². The standard InChI is InChI=1S/C20H33N3O3.HI/c1-8-21-18(23-17-12-20(4,26-7)19(17,2)3)22-13-14-9-10-15(24-5)16(11-14)25-6;/h9-11,17H,8,12-13H2,1-7H3,(H2,21,22,23);1H. The van der Waals surface area contributed by atoms with Crippen LogP contribution < -0.4 is 20.1 Å². The van der Waals surface area contributed by atoms with E-state index in [4.69, 9.17) is 19.2 Å². The predicted molar refractivity (Wildman–Crippen MR) is 121 cm³/mol. The first-order valence-electron chi connectivity index (χ1n) is 9.12. The average molecular weight is 491 g/mol. The molecule has 1 aromatic carbocycles. The lowest BCUT2D eigenvalue weighted by Gasteiger charge is -2.59. The zero-order valence-corrected chi connectivity index (χ0v) is 19.8. The molecule has 0 heterocycles. The minimum atomic E-state index is -0.106. The van der Waals surface area contributed by atoms with E-state index in [2.05, 4.69) is 38.3 Å². The molecule has 2 unspecified atom stereocenters. The number of nitrogens with one attached hydrogen (secondary N) is 2. The van der Waals surface area contributed by atoms with Gasteiger partial charge in [-0.1, -0.05) is 19.9 Å². The van der Waals surface area contributed by atoms with E-state index in [0.29, 0.717) is 18.3 Å². The molecule has 2 atom stereocenters. The Labute approximate surface area is 180 Å². The summed E-state index contributed by atoms with van der Waals surface area (Å²) in [5.74, 6) is 2.26. The van der Waals surface area contributed by atoms with Gasteiger partial charge in [0.05, 0.1) is 26.4 Å². The molecule has 6 nitrogen and oxygen atoms in total. The summed E-state index contributed by atoms with van der Waals surface area (Å²) in [4.78, 5) is 4.73. The van der Waals surface area contributed by atoms with Gasteiger partial charge in [0, 0.05) is 25.1 Å². The number of methoxy groups -OCH3 is 3. The van der Waals surface area contributed by atoms with E-state index in [1.807, 2.05) is 18.2 Å². The van der Waals surface area contributed by atoms with Crippen LogP contribution in [0.25, 0.3) is 0 Å². The lowest BCUT2D eigenvalue weighted by Crippen LogP contribution is -2.69. The van der Waals surface area contributed by atoms with Crippen LogP contribution in [0, 0.1) is 5.41 Å². The van der Waals surface area contributed by atoms with E-state index in [0.717, 1.165) is 30.2 Å². The van der Waals surface area contributed by atoms with Crippen molar-refractivity contribution >= 4 is 29.9 Å². The van der Waals surface area contributed by atoms with Gasteiger partial charge in [-0.2, -0.15) is 0 Å². The fraction of sp³-hybridized carbons (Fsp3) is 0.650. The first-order chi connectivity index (χ1) is 12.3. The Hall–Kier alpha value is -1.22. The number of benzene rings is 1. The fourth-order valence-corrected chi connectivity index (χ4v) is 3.36. The Bertz CT molecular complexity index is 651. The van der Waals surface area contributed by atoms with Crippen LogP contribution >= 0.6 is 24.0 Å². The highest BCUT2D eigenvalue weighted by molar-refractivity contribution is 14.0. The van der Waals surface area contributed by atoms with E-state index < -0.39 is 0 Å². The number of guanidine groups is 1. The second-order valence-corrected chi connectivity index (χ2v) is 7.44. The lowest BCUT2D eigenvalue weighted by atomic mass is 9.56. The maximum atomic E-state index is 5.71. The molecule has 0 bridgehead atoms. The molecule has 0 aliphatic heterocycles. The molecule has 7 heteroatoms. The van der Waals surface area contributed by atoms with Gasteiger partial charge < -0.3 is 24.8 Å². The number of nitrogens with zero attached hydrogens (tertiary/aromatic N) is 1. The van der Waals surface area contributed by atoms with Crippen LogP contribution in [0.3, 0.4) is 0 Å². The second kappa shape index (κ2) is 9.82. The summed E-state index contributed by atoms with van der Waals surface area (Å²) in [5.41, 5.74) is 0.988. The third kappa shape index (κ3) is 4.99. The summed E-state index contributed by atoms with van der Waals surface area (Å²) < 4.78 is 16.4. The molecular weight excluding hydrogens is 457 g/mol. The van der Waals surface area contributed by atoms with E-state index in [1.54, 1.807) is 21.3 Å². The molecule has 0 saturated heterocycles. The number of hydrogen-bond acceptors (Lipinski definition) is 4. The third-order valence-corrected chi connectivity index (χ3v) is 5.80. The monoisotopic (exact) mass is 491 g/mol. The molecule has 0 spiro atoms. The Kier molecular flexibility index (Phi) is 8.66. The number of aliphatic imine (C=N–C) groups is 1. The molecule has 2 rings (SSSR count). The molecule has 154 valence electrons. The van der Waals surface area contributed by atoms with Crippen LogP contribution in [0.4, 0.5) is 0 Å². The number of ether oxygens (including phenoxy) is 3. The van der Waals surface area contributed by atoms with E-state index in [-0.39, 0.29) is 35.0 Å².